The largest absolute Gasteiger partial charge is 0.493 e. The van der Waals surface area contributed by atoms with Crippen LogP contribution in [-0.2, 0) is 4.74 Å². The summed E-state index contributed by atoms with van der Waals surface area (Å²) in [5, 5.41) is 3.45. The quantitative estimate of drug-likeness (QED) is 0.453. The van der Waals surface area contributed by atoms with E-state index in [1.807, 2.05) is 37.3 Å². The van der Waals surface area contributed by atoms with Crippen LogP contribution in [0, 0.1) is 6.92 Å². The van der Waals surface area contributed by atoms with Crippen molar-refractivity contribution < 1.29 is 19.0 Å². The van der Waals surface area contributed by atoms with Gasteiger partial charge in [0.05, 0.1) is 25.9 Å². The van der Waals surface area contributed by atoms with E-state index in [2.05, 4.69) is 12.2 Å². The Morgan fingerprint density at radius 1 is 1.26 bits per heavy atom. The van der Waals surface area contributed by atoms with Crippen LogP contribution in [0.25, 0.3) is 0 Å². The Morgan fingerprint density at radius 3 is 2.78 bits per heavy atom. The SMILES string of the molecule is CCCCOc1cc(C2COCCN2)cc(C)c1C(=O)Oc1ccccc1. The fraction of sp³-hybridized carbons (Fsp3) is 0.409. The number of para-hydroxylation sites is 1. The number of esters is 1. The Morgan fingerprint density at radius 2 is 2.07 bits per heavy atom. The Kier molecular flexibility index (Phi) is 6.85. The molecule has 1 atom stereocenters. The van der Waals surface area contributed by atoms with Gasteiger partial charge >= 0.3 is 5.97 Å². The van der Waals surface area contributed by atoms with Crippen molar-refractivity contribution in [2.45, 2.75) is 32.7 Å². The summed E-state index contributed by atoms with van der Waals surface area (Å²) < 4.78 is 17.1. The van der Waals surface area contributed by atoms with Crippen LogP contribution in [0.15, 0.2) is 42.5 Å². The van der Waals surface area contributed by atoms with Gasteiger partial charge in [-0.15, -0.1) is 0 Å². The van der Waals surface area contributed by atoms with Crippen molar-refractivity contribution in [2.24, 2.45) is 0 Å². The maximum atomic E-state index is 12.8. The number of rotatable bonds is 7. The predicted octanol–water partition coefficient (Wildman–Crippen LogP) is 4.05. The van der Waals surface area contributed by atoms with Crippen LogP contribution in [-0.4, -0.2) is 32.3 Å². The van der Waals surface area contributed by atoms with Crippen LogP contribution < -0.4 is 14.8 Å². The second-order valence-corrected chi connectivity index (χ2v) is 6.70. The minimum absolute atomic E-state index is 0.102. The molecule has 0 amide bonds. The third-order valence-corrected chi connectivity index (χ3v) is 4.56. The van der Waals surface area contributed by atoms with Gasteiger partial charge in [-0.05, 0) is 42.7 Å². The zero-order valence-corrected chi connectivity index (χ0v) is 16.0. The van der Waals surface area contributed by atoms with Gasteiger partial charge in [-0.1, -0.05) is 37.6 Å². The van der Waals surface area contributed by atoms with Crippen LogP contribution in [0.5, 0.6) is 11.5 Å². The van der Waals surface area contributed by atoms with Crippen molar-refractivity contribution in [3.63, 3.8) is 0 Å². The number of hydrogen-bond donors (Lipinski definition) is 1. The van der Waals surface area contributed by atoms with Gasteiger partial charge in [0.15, 0.2) is 0 Å². The first-order valence-corrected chi connectivity index (χ1v) is 9.54. The van der Waals surface area contributed by atoms with E-state index >= 15 is 0 Å². The summed E-state index contributed by atoms with van der Waals surface area (Å²) in [6, 6.07) is 13.2. The molecule has 3 rings (SSSR count). The van der Waals surface area contributed by atoms with Gasteiger partial charge in [0.25, 0.3) is 0 Å². The minimum atomic E-state index is -0.399. The minimum Gasteiger partial charge on any atom is -0.493 e. The third-order valence-electron chi connectivity index (χ3n) is 4.56. The number of aryl methyl sites for hydroxylation is 1. The van der Waals surface area contributed by atoms with Gasteiger partial charge in [0.1, 0.15) is 17.1 Å². The molecule has 1 aliphatic heterocycles. The van der Waals surface area contributed by atoms with E-state index in [1.165, 1.54) is 0 Å². The maximum absolute atomic E-state index is 12.8. The molecule has 144 valence electrons. The summed E-state index contributed by atoms with van der Waals surface area (Å²) in [6.07, 6.45) is 1.96. The summed E-state index contributed by atoms with van der Waals surface area (Å²) in [5.74, 6) is 0.698. The summed E-state index contributed by atoms with van der Waals surface area (Å²) >= 11 is 0. The van der Waals surface area contributed by atoms with Crippen LogP contribution >= 0.6 is 0 Å². The van der Waals surface area contributed by atoms with E-state index in [0.717, 1.165) is 37.1 Å². The van der Waals surface area contributed by atoms with Crippen LogP contribution in [0.2, 0.25) is 0 Å². The molecule has 5 heteroatoms. The van der Waals surface area contributed by atoms with E-state index in [-0.39, 0.29) is 6.04 Å². The molecular weight excluding hydrogens is 342 g/mol. The molecule has 0 aromatic heterocycles. The molecule has 0 saturated carbocycles. The highest BCUT2D eigenvalue weighted by molar-refractivity contribution is 5.95. The van der Waals surface area contributed by atoms with E-state index in [1.54, 1.807) is 12.1 Å². The average Bonchev–Trinajstić information content (AvgIpc) is 2.69. The molecule has 1 unspecified atom stereocenters. The Bertz CT molecular complexity index is 754. The second kappa shape index (κ2) is 9.53. The highest BCUT2D eigenvalue weighted by atomic mass is 16.5. The van der Waals surface area contributed by atoms with Crippen LogP contribution in [0.3, 0.4) is 0 Å². The summed E-state index contributed by atoms with van der Waals surface area (Å²) in [6.45, 7) is 6.74. The highest BCUT2D eigenvalue weighted by Crippen LogP contribution is 2.30. The molecule has 1 N–H and O–H groups in total. The standard InChI is InChI=1S/C22H27NO4/c1-3-4-11-26-20-14-17(19-15-25-12-10-23-19)13-16(2)21(20)22(24)27-18-8-6-5-7-9-18/h5-9,13-14,19,23H,3-4,10-12,15H2,1-2H3. The summed E-state index contributed by atoms with van der Waals surface area (Å²) in [7, 11) is 0. The normalized spacial score (nSPS) is 16.7. The first-order chi connectivity index (χ1) is 13.2. The molecule has 0 bridgehead atoms. The van der Waals surface area contributed by atoms with E-state index < -0.39 is 5.97 Å². The molecule has 0 radical (unpaired) electrons. The second-order valence-electron chi connectivity index (χ2n) is 6.70. The van der Waals surface area contributed by atoms with Gasteiger partial charge in [-0.3, -0.25) is 0 Å². The number of unbranched alkanes of at least 4 members (excludes halogenated alkanes) is 1. The lowest BCUT2D eigenvalue weighted by Gasteiger charge is -2.25. The van der Waals surface area contributed by atoms with E-state index in [9.17, 15) is 4.79 Å². The fourth-order valence-corrected chi connectivity index (χ4v) is 3.11. The molecule has 1 fully saturated rings. The van der Waals surface area contributed by atoms with Gasteiger partial charge in [-0.2, -0.15) is 0 Å². The maximum Gasteiger partial charge on any atom is 0.347 e. The molecule has 1 heterocycles. The topological polar surface area (TPSA) is 56.8 Å². The molecule has 27 heavy (non-hydrogen) atoms. The molecule has 0 aliphatic carbocycles. The van der Waals surface area contributed by atoms with Gasteiger partial charge in [0, 0.05) is 6.54 Å². The van der Waals surface area contributed by atoms with Crippen molar-refractivity contribution in [1.82, 2.24) is 5.32 Å². The first kappa shape index (κ1) is 19.4. The Labute approximate surface area is 160 Å². The van der Waals surface area contributed by atoms with Crippen molar-refractivity contribution in [2.75, 3.05) is 26.4 Å². The lowest BCUT2D eigenvalue weighted by Crippen LogP contribution is -2.34. The Balaban J connectivity index is 1.88. The number of carbonyl (C=O) groups is 1. The monoisotopic (exact) mass is 369 g/mol. The lowest BCUT2D eigenvalue weighted by molar-refractivity contribution is 0.0728. The molecule has 5 nitrogen and oxygen atoms in total. The predicted molar refractivity (Wildman–Crippen MR) is 105 cm³/mol. The number of nitrogens with one attached hydrogen (secondary N) is 1. The molecule has 2 aromatic rings. The Hall–Kier alpha value is -2.37. The summed E-state index contributed by atoms with van der Waals surface area (Å²) in [4.78, 5) is 12.8. The third kappa shape index (κ3) is 5.08. The molecule has 1 aliphatic rings. The van der Waals surface area contributed by atoms with Crippen LogP contribution in [0.4, 0.5) is 0 Å². The van der Waals surface area contributed by atoms with Crippen molar-refractivity contribution in [3.05, 3.63) is 59.2 Å². The number of hydrogen-bond acceptors (Lipinski definition) is 5. The smallest absolute Gasteiger partial charge is 0.347 e. The van der Waals surface area contributed by atoms with Crippen molar-refractivity contribution in [1.29, 1.82) is 0 Å². The van der Waals surface area contributed by atoms with Crippen LogP contribution in [0.1, 0.15) is 47.3 Å². The molecular formula is C22H27NO4. The number of carbonyl (C=O) groups excluding carboxylic acids is 1. The summed E-state index contributed by atoms with van der Waals surface area (Å²) in [5.41, 5.74) is 2.39. The number of ether oxygens (including phenoxy) is 3. The van der Waals surface area contributed by atoms with Gasteiger partial charge in [-0.25, -0.2) is 4.79 Å². The lowest BCUT2D eigenvalue weighted by atomic mass is 9.99. The first-order valence-electron chi connectivity index (χ1n) is 9.54. The highest BCUT2D eigenvalue weighted by Gasteiger charge is 2.23. The van der Waals surface area contributed by atoms with E-state index in [4.69, 9.17) is 14.2 Å². The molecule has 1 saturated heterocycles. The average molecular weight is 369 g/mol. The van der Waals surface area contributed by atoms with Crippen molar-refractivity contribution in [3.8, 4) is 11.5 Å². The molecule has 2 aromatic carbocycles. The zero-order valence-electron chi connectivity index (χ0n) is 16.0. The number of morpholine rings is 1. The molecule has 0 spiro atoms. The number of benzene rings is 2. The zero-order chi connectivity index (χ0) is 19.1. The van der Waals surface area contributed by atoms with Gasteiger partial charge < -0.3 is 19.5 Å². The van der Waals surface area contributed by atoms with Crippen molar-refractivity contribution >= 4 is 5.97 Å². The van der Waals surface area contributed by atoms with E-state index in [0.29, 0.717) is 30.3 Å². The fourth-order valence-electron chi connectivity index (χ4n) is 3.11. The van der Waals surface area contributed by atoms with Gasteiger partial charge in [0.2, 0.25) is 0 Å².